The summed E-state index contributed by atoms with van der Waals surface area (Å²) in [5, 5.41) is 4.45. The van der Waals surface area contributed by atoms with Gasteiger partial charge in [0.1, 0.15) is 0 Å². The Morgan fingerprint density at radius 1 is 0.958 bits per heavy atom. The lowest BCUT2D eigenvalue weighted by molar-refractivity contribution is -0.137. The van der Waals surface area contributed by atoms with Crippen molar-refractivity contribution >= 4 is 10.9 Å². The number of benzene rings is 2. The summed E-state index contributed by atoms with van der Waals surface area (Å²) in [7, 11) is 0. The molecule has 3 aromatic rings. The van der Waals surface area contributed by atoms with E-state index in [1.165, 1.54) is 17.8 Å². The number of fused-ring (bicyclic) bond motifs is 3. The van der Waals surface area contributed by atoms with Crippen LogP contribution in [0.5, 0.6) is 0 Å². The van der Waals surface area contributed by atoms with E-state index >= 15 is 0 Å². The van der Waals surface area contributed by atoms with Gasteiger partial charge in [0.2, 0.25) is 0 Å². The van der Waals surface area contributed by atoms with Gasteiger partial charge in [-0.1, -0.05) is 30.3 Å². The summed E-state index contributed by atoms with van der Waals surface area (Å²) in [6, 6.07) is 13.6. The summed E-state index contributed by atoms with van der Waals surface area (Å²) >= 11 is 0. The molecule has 24 heavy (non-hydrogen) atoms. The Hall–Kier alpha value is -2.27. The molecular weight excluding hydrogens is 313 g/mol. The van der Waals surface area contributed by atoms with Crippen molar-refractivity contribution in [2.24, 2.45) is 0 Å². The minimum Gasteiger partial charge on any atom is -0.343 e. The quantitative estimate of drug-likeness (QED) is 0.696. The molecule has 0 unspecified atom stereocenters. The van der Waals surface area contributed by atoms with Gasteiger partial charge in [-0.05, 0) is 23.8 Å². The second-order valence-electron chi connectivity index (χ2n) is 6.11. The van der Waals surface area contributed by atoms with Gasteiger partial charge in [0, 0.05) is 42.7 Å². The molecule has 0 amide bonds. The normalized spacial score (nSPS) is 15.3. The van der Waals surface area contributed by atoms with Gasteiger partial charge in [-0.3, -0.25) is 0 Å². The van der Waals surface area contributed by atoms with E-state index in [0.717, 1.165) is 48.6 Å². The molecule has 2 aromatic carbocycles. The lowest BCUT2D eigenvalue weighted by atomic mass is 10.0. The molecule has 0 radical (unpaired) electrons. The number of aromatic nitrogens is 1. The fraction of sp³-hybridized carbons (Fsp3) is 0.263. The van der Waals surface area contributed by atoms with Crippen LogP contribution in [-0.2, 0) is 19.1 Å². The fourth-order valence-electron chi connectivity index (χ4n) is 3.47. The first-order chi connectivity index (χ1) is 11.5. The number of alkyl halides is 3. The van der Waals surface area contributed by atoms with Crippen LogP contribution in [0.25, 0.3) is 22.0 Å². The summed E-state index contributed by atoms with van der Waals surface area (Å²) < 4.78 is 41.4. The molecule has 4 rings (SSSR count). The zero-order chi connectivity index (χ0) is 16.7. The molecule has 0 aliphatic carbocycles. The molecule has 2 heterocycles. The summed E-state index contributed by atoms with van der Waals surface area (Å²) in [5.74, 6) is 0. The van der Waals surface area contributed by atoms with Crippen LogP contribution in [0, 0.1) is 0 Å². The van der Waals surface area contributed by atoms with E-state index in [1.807, 2.05) is 18.2 Å². The Labute approximate surface area is 137 Å². The Morgan fingerprint density at radius 3 is 2.62 bits per heavy atom. The van der Waals surface area contributed by atoms with E-state index in [0.29, 0.717) is 5.56 Å². The van der Waals surface area contributed by atoms with Crippen molar-refractivity contribution in [1.29, 1.82) is 0 Å². The predicted octanol–water partition coefficient (Wildman–Crippen LogP) is 4.47. The van der Waals surface area contributed by atoms with Crippen molar-refractivity contribution in [2.45, 2.75) is 19.1 Å². The average Bonchev–Trinajstić information content (AvgIpc) is 2.76. The Kier molecular flexibility index (Phi) is 3.61. The largest absolute Gasteiger partial charge is 0.416 e. The second kappa shape index (κ2) is 5.67. The molecule has 0 saturated carbocycles. The minimum atomic E-state index is -4.33. The van der Waals surface area contributed by atoms with Crippen molar-refractivity contribution in [2.75, 3.05) is 13.1 Å². The monoisotopic (exact) mass is 330 g/mol. The van der Waals surface area contributed by atoms with Crippen LogP contribution in [0.2, 0.25) is 0 Å². The standard InChI is InChI=1S/C19H17F3N2/c20-19(21,22)15-5-1-3-13(11-15)17-6-2-4-14-12-16-7-8-23-9-10-24(16)18(14)17/h1-6,11-12,23H,7-10H2. The van der Waals surface area contributed by atoms with E-state index < -0.39 is 11.7 Å². The molecule has 5 heteroatoms. The fourth-order valence-corrected chi connectivity index (χ4v) is 3.47. The third kappa shape index (κ3) is 2.59. The highest BCUT2D eigenvalue weighted by atomic mass is 19.4. The van der Waals surface area contributed by atoms with Crippen LogP contribution in [-0.4, -0.2) is 17.7 Å². The Balaban J connectivity index is 1.93. The molecule has 1 aromatic heterocycles. The maximum absolute atomic E-state index is 13.1. The number of nitrogens with one attached hydrogen (secondary N) is 1. The predicted molar refractivity (Wildman–Crippen MR) is 88.9 cm³/mol. The third-order valence-electron chi connectivity index (χ3n) is 4.58. The number of halogens is 3. The highest BCUT2D eigenvalue weighted by Crippen LogP contribution is 2.35. The maximum atomic E-state index is 13.1. The van der Waals surface area contributed by atoms with E-state index in [-0.39, 0.29) is 0 Å². The topological polar surface area (TPSA) is 17.0 Å². The van der Waals surface area contributed by atoms with Crippen molar-refractivity contribution in [1.82, 2.24) is 9.88 Å². The summed E-state index contributed by atoms with van der Waals surface area (Å²) in [6.45, 7) is 2.62. The van der Waals surface area contributed by atoms with Crippen LogP contribution in [0.1, 0.15) is 11.3 Å². The summed E-state index contributed by atoms with van der Waals surface area (Å²) in [5.41, 5.74) is 3.10. The molecular formula is C19H17F3N2. The first-order valence-corrected chi connectivity index (χ1v) is 8.03. The second-order valence-corrected chi connectivity index (χ2v) is 6.11. The first-order valence-electron chi connectivity index (χ1n) is 8.03. The number of hydrogen-bond donors (Lipinski definition) is 1. The van der Waals surface area contributed by atoms with Crippen molar-refractivity contribution in [3.63, 3.8) is 0 Å². The van der Waals surface area contributed by atoms with Gasteiger partial charge < -0.3 is 9.88 Å². The molecule has 1 aliphatic rings. The first kappa shape index (κ1) is 15.3. The van der Waals surface area contributed by atoms with Gasteiger partial charge in [0.25, 0.3) is 0 Å². The SMILES string of the molecule is FC(F)(F)c1cccc(-c2cccc3cc4n(c23)CCNCC4)c1. The molecule has 2 nitrogen and oxygen atoms in total. The summed E-state index contributed by atoms with van der Waals surface area (Å²) in [4.78, 5) is 0. The Bertz CT molecular complexity index is 893. The molecule has 0 bridgehead atoms. The highest BCUT2D eigenvalue weighted by molar-refractivity contribution is 5.95. The van der Waals surface area contributed by atoms with Crippen LogP contribution in [0.4, 0.5) is 13.2 Å². The van der Waals surface area contributed by atoms with Crippen LogP contribution in [0.15, 0.2) is 48.5 Å². The molecule has 124 valence electrons. The average molecular weight is 330 g/mol. The van der Waals surface area contributed by atoms with E-state index in [4.69, 9.17) is 0 Å². The number of nitrogens with zero attached hydrogens (tertiary/aromatic N) is 1. The zero-order valence-electron chi connectivity index (χ0n) is 13.0. The lowest BCUT2D eigenvalue weighted by Gasteiger charge is -2.13. The van der Waals surface area contributed by atoms with Crippen molar-refractivity contribution in [3.05, 3.63) is 59.8 Å². The molecule has 0 saturated heterocycles. The Morgan fingerprint density at radius 2 is 1.79 bits per heavy atom. The van der Waals surface area contributed by atoms with Crippen molar-refractivity contribution < 1.29 is 13.2 Å². The van der Waals surface area contributed by atoms with Crippen LogP contribution >= 0.6 is 0 Å². The van der Waals surface area contributed by atoms with E-state index in [9.17, 15) is 13.2 Å². The zero-order valence-corrected chi connectivity index (χ0v) is 13.0. The van der Waals surface area contributed by atoms with Crippen LogP contribution in [0.3, 0.4) is 0 Å². The molecule has 1 N–H and O–H groups in total. The lowest BCUT2D eigenvalue weighted by Crippen LogP contribution is -2.17. The molecule has 0 spiro atoms. The number of para-hydroxylation sites is 1. The van der Waals surface area contributed by atoms with Crippen molar-refractivity contribution in [3.8, 4) is 11.1 Å². The van der Waals surface area contributed by atoms with Gasteiger partial charge in [0.15, 0.2) is 0 Å². The van der Waals surface area contributed by atoms with Gasteiger partial charge in [-0.2, -0.15) is 13.2 Å². The number of hydrogen-bond acceptors (Lipinski definition) is 1. The van der Waals surface area contributed by atoms with Gasteiger partial charge in [-0.15, -0.1) is 0 Å². The van der Waals surface area contributed by atoms with E-state index in [2.05, 4.69) is 16.0 Å². The van der Waals surface area contributed by atoms with Crippen LogP contribution < -0.4 is 5.32 Å². The smallest absolute Gasteiger partial charge is 0.343 e. The third-order valence-corrected chi connectivity index (χ3v) is 4.58. The van der Waals surface area contributed by atoms with Gasteiger partial charge in [0.05, 0.1) is 11.1 Å². The number of rotatable bonds is 1. The van der Waals surface area contributed by atoms with E-state index in [1.54, 1.807) is 6.07 Å². The molecule has 1 aliphatic heterocycles. The minimum absolute atomic E-state index is 0.605. The molecule has 0 fully saturated rings. The highest BCUT2D eigenvalue weighted by Gasteiger charge is 2.30. The summed E-state index contributed by atoms with van der Waals surface area (Å²) in [6.07, 6.45) is -3.40. The maximum Gasteiger partial charge on any atom is 0.416 e. The molecule has 0 atom stereocenters. The van der Waals surface area contributed by atoms with Gasteiger partial charge >= 0.3 is 6.18 Å². The van der Waals surface area contributed by atoms with Gasteiger partial charge in [-0.25, -0.2) is 0 Å².